The number of amides is 2. The molecule has 0 fully saturated rings. The number of hydrogen-bond acceptors (Lipinski definition) is 3. The van der Waals surface area contributed by atoms with E-state index in [0.29, 0.717) is 5.56 Å². The Morgan fingerprint density at radius 3 is 2.18 bits per heavy atom. The van der Waals surface area contributed by atoms with E-state index >= 15 is 0 Å². The lowest BCUT2D eigenvalue weighted by atomic mass is 10.1. The summed E-state index contributed by atoms with van der Waals surface area (Å²) in [5, 5.41) is 9.78. The number of rotatable bonds is 5. The number of aromatic nitrogens is 2. The highest BCUT2D eigenvalue weighted by Gasteiger charge is 2.11. The predicted molar refractivity (Wildman–Crippen MR) is 110 cm³/mol. The minimum absolute atomic E-state index is 0.0916. The fourth-order valence-corrected chi connectivity index (χ4v) is 3.14. The normalized spacial score (nSPS) is 10.6. The smallest absolute Gasteiger partial charge is 0.251 e. The van der Waals surface area contributed by atoms with Crippen LogP contribution in [0.1, 0.15) is 32.6 Å². The molecule has 0 spiro atoms. The second kappa shape index (κ2) is 8.08. The molecule has 2 amide bonds. The summed E-state index contributed by atoms with van der Waals surface area (Å²) in [6, 6.07) is 11.1. The molecule has 1 aromatic heterocycles. The van der Waals surface area contributed by atoms with Gasteiger partial charge < -0.3 is 10.6 Å². The van der Waals surface area contributed by atoms with E-state index in [-0.39, 0.29) is 18.4 Å². The van der Waals surface area contributed by atoms with E-state index in [0.717, 1.165) is 33.6 Å². The number of nitrogens with one attached hydrogen (secondary N) is 2. The van der Waals surface area contributed by atoms with Crippen LogP contribution in [0.2, 0.25) is 0 Å². The van der Waals surface area contributed by atoms with Crippen LogP contribution in [-0.2, 0) is 4.79 Å². The van der Waals surface area contributed by atoms with Crippen molar-refractivity contribution >= 4 is 17.5 Å². The van der Waals surface area contributed by atoms with E-state index in [1.54, 1.807) is 23.0 Å². The summed E-state index contributed by atoms with van der Waals surface area (Å²) in [6.07, 6.45) is 3.69. The van der Waals surface area contributed by atoms with Crippen molar-refractivity contribution in [1.82, 2.24) is 15.1 Å². The highest BCUT2D eigenvalue weighted by Crippen LogP contribution is 2.21. The Hall–Kier alpha value is -3.41. The van der Waals surface area contributed by atoms with Gasteiger partial charge in [-0.2, -0.15) is 5.10 Å². The lowest BCUT2D eigenvalue weighted by Gasteiger charge is -2.13. The quantitative estimate of drug-likeness (QED) is 0.716. The monoisotopic (exact) mass is 376 g/mol. The van der Waals surface area contributed by atoms with E-state index in [1.807, 2.05) is 58.2 Å². The third-order valence-corrected chi connectivity index (χ3v) is 4.46. The molecule has 3 aromatic rings. The van der Waals surface area contributed by atoms with Gasteiger partial charge in [0.1, 0.15) is 0 Å². The molecule has 144 valence electrons. The number of carbonyl (C=O) groups is 2. The van der Waals surface area contributed by atoms with Gasteiger partial charge in [0, 0.05) is 17.4 Å². The maximum absolute atomic E-state index is 12.3. The summed E-state index contributed by atoms with van der Waals surface area (Å²) in [7, 11) is 0. The molecule has 0 aliphatic rings. The van der Waals surface area contributed by atoms with E-state index < -0.39 is 0 Å². The molecule has 6 nitrogen and oxygen atoms in total. The minimum atomic E-state index is -0.296. The van der Waals surface area contributed by atoms with E-state index in [1.165, 1.54) is 0 Å². The summed E-state index contributed by atoms with van der Waals surface area (Å²) in [5.41, 5.74) is 6.37. The van der Waals surface area contributed by atoms with Gasteiger partial charge in [-0.15, -0.1) is 0 Å². The van der Waals surface area contributed by atoms with E-state index in [9.17, 15) is 9.59 Å². The molecule has 1 heterocycles. The maximum atomic E-state index is 12.3. The average Bonchev–Trinajstić information content (AvgIpc) is 3.09. The van der Waals surface area contributed by atoms with Crippen molar-refractivity contribution in [3.63, 3.8) is 0 Å². The van der Waals surface area contributed by atoms with Gasteiger partial charge in [-0.05, 0) is 68.7 Å². The molecule has 0 aliphatic heterocycles. The van der Waals surface area contributed by atoms with Crippen molar-refractivity contribution in [2.75, 3.05) is 11.9 Å². The first kappa shape index (κ1) is 19.4. The molecule has 28 heavy (non-hydrogen) atoms. The van der Waals surface area contributed by atoms with Crippen LogP contribution in [0.3, 0.4) is 0 Å². The van der Waals surface area contributed by atoms with Crippen LogP contribution in [0.4, 0.5) is 5.69 Å². The lowest BCUT2D eigenvalue weighted by molar-refractivity contribution is -0.115. The summed E-state index contributed by atoms with van der Waals surface area (Å²) in [5.74, 6) is -0.553. The van der Waals surface area contributed by atoms with Gasteiger partial charge in [-0.1, -0.05) is 17.7 Å². The molecule has 6 heteroatoms. The second-order valence-corrected chi connectivity index (χ2v) is 7.01. The molecule has 3 rings (SSSR count). The molecule has 2 aromatic carbocycles. The van der Waals surface area contributed by atoms with Crippen LogP contribution in [-0.4, -0.2) is 28.1 Å². The Balaban J connectivity index is 1.58. The SMILES string of the molecule is Cc1cc(C)c(NC(=O)CNC(=O)c2ccc(-n3cc(C)cn3)cc2)c(C)c1. The Kier molecular flexibility index (Phi) is 5.59. The zero-order chi connectivity index (χ0) is 20.3. The largest absolute Gasteiger partial charge is 0.343 e. The molecule has 2 N–H and O–H groups in total. The molecular formula is C22H24N4O2. The zero-order valence-corrected chi connectivity index (χ0v) is 16.5. The molecule has 0 aliphatic carbocycles. The molecule has 0 saturated heterocycles. The highest BCUT2D eigenvalue weighted by atomic mass is 16.2. The van der Waals surface area contributed by atoms with Crippen LogP contribution >= 0.6 is 0 Å². The van der Waals surface area contributed by atoms with Crippen LogP contribution < -0.4 is 10.6 Å². The summed E-state index contributed by atoms with van der Waals surface area (Å²) in [6.45, 7) is 7.81. The number of benzene rings is 2. The molecular weight excluding hydrogens is 352 g/mol. The summed E-state index contributed by atoms with van der Waals surface area (Å²) >= 11 is 0. The van der Waals surface area contributed by atoms with Crippen molar-refractivity contribution in [3.05, 3.63) is 76.6 Å². The van der Waals surface area contributed by atoms with Gasteiger partial charge in [-0.25, -0.2) is 4.68 Å². The summed E-state index contributed by atoms with van der Waals surface area (Å²) in [4.78, 5) is 24.6. The second-order valence-electron chi connectivity index (χ2n) is 7.01. The zero-order valence-electron chi connectivity index (χ0n) is 16.5. The van der Waals surface area contributed by atoms with Crippen LogP contribution in [0.25, 0.3) is 5.69 Å². The van der Waals surface area contributed by atoms with Gasteiger partial charge in [0.25, 0.3) is 5.91 Å². The third-order valence-electron chi connectivity index (χ3n) is 4.46. The highest BCUT2D eigenvalue weighted by molar-refractivity contribution is 5.99. The molecule has 0 saturated carbocycles. The Labute approximate surface area is 164 Å². The first-order valence-electron chi connectivity index (χ1n) is 9.11. The van der Waals surface area contributed by atoms with Gasteiger partial charge in [-0.3, -0.25) is 9.59 Å². The first-order chi connectivity index (χ1) is 13.3. The van der Waals surface area contributed by atoms with Crippen molar-refractivity contribution in [1.29, 1.82) is 0 Å². The van der Waals surface area contributed by atoms with Crippen LogP contribution in [0.5, 0.6) is 0 Å². The minimum Gasteiger partial charge on any atom is -0.343 e. The number of nitrogens with zero attached hydrogens (tertiary/aromatic N) is 2. The van der Waals surface area contributed by atoms with Gasteiger partial charge in [0.05, 0.1) is 18.4 Å². The standard InChI is InChI=1S/C22H24N4O2/c1-14-9-16(3)21(17(4)10-14)25-20(27)12-23-22(28)18-5-7-19(8-6-18)26-13-15(2)11-24-26/h5-11,13H,12H2,1-4H3,(H,23,28)(H,25,27). The Bertz CT molecular complexity index is 996. The first-order valence-corrected chi connectivity index (χ1v) is 9.11. The third kappa shape index (κ3) is 4.46. The van der Waals surface area contributed by atoms with E-state index in [4.69, 9.17) is 0 Å². The Morgan fingerprint density at radius 1 is 0.964 bits per heavy atom. The maximum Gasteiger partial charge on any atom is 0.251 e. The van der Waals surface area contributed by atoms with Crippen LogP contribution in [0.15, 0.2) is 48.8 Å². The lowest BCUT2D eigenvalue weighted by Crippen LogP contribution is -2.33. The number of anilines is 1. The van der Waals surface area contributed by atoms with Crippen molar-refractivity contribution < 1.29 is 9.59 Å². The van der Waals surface area contributed by atoms with Gasteiger partial charge >= 0.3 is 0 Å². The predicted octanol–water partition coefficient (Wildman–Crippen LogP) is 3.47. The number of aryl methyl sites for hydroxylation is 4. The van der Waals surface area contributed by atoms with Crippen molar-refractivity contribution in [2.24, 2.45) is 0 Å². The summed E-state index contributed by atoms with van der Waals surface area (Å²) < 4.78 is 1.75. The molecule has 0 radical (unpaired) electrons. The molecule has 0 unspecified atom stereocenters. The molecule has 0 bridgehead atoms. The number of carbonyl (C=O) groups excluding carboxylic acids is 2. The fourth-order valence-electron chi connectivity index (χ4n) is 3.14. The molecule has 0 atom stereocenters. The Morgan fingerprint density at radius 2 is 1.61 bits per heavy atom. The average molecular weight is 376 g/mol. The fraction of sp³-hybridized carbons (Fsp3) is 0.227. The van der Waals surface area contributed by atoms with Gasteiger partial charge in [0.2, 0.25) is 5.91 Å². The number of hydrogen-bond donors (Lipinski definition) is 2. The van der Waals surface area contributed by atoms with Gasteiger partial charge in [0.15, 0.2) is 0 Å². The van der Waals surface area contributed by atoms with Crippen molar-refractivity contribution in [2.45, 2.75) is 27.7 Å². The van der Waals surface area contributed by atoms with E-state index in [2.05, 4.69) is 15.7 Å². The topological polar surface area (TPSA) is 76.0 Å². The van der Waals surface area contributed by atoms with Crippen LogP contribution in [0, 0.1) is 27.7 Å². The van der Waals surface area contributed by atoms with Crippen molar-refractivity contribution in [3.8, 4) is 5.69 Å².